The summed E-state index contributed by atoms with van der Waals surface area (Å²) in [5.74, 6) is 0.328. The minimum absolute atomic E-state index is 0.0668. The molecule has 1 saturated carbocycles. The number of fused-ring (bicyclic) bond motifs is 1. The molecule has 0 aromatic heterocycles. The minimum atomic E-state index is -0.606. The van der Waals surface area contributed by atoms with E-state index < -0.39 is 17.9 Å². The van der Waals surface area contributed by atoms with Crippen LogP contribution in [0.4, 0.5) is 5.69 Å². The Balaban J connectivity index is 1.26. The maximum absolute atomic E-state index is 12.9. The van der Waals surface area contributed by atoms with Crippen LogP contribution in [0.1, 0.15) is 59.2 Å². The van der Waals surface area contributed by atoms with Gasteiger partial charge in [-0.05, 0) is 67.8 Å². The SMILES string of the molecule is O=C(Nc1ccc(Oc2ccc3c(c2)C(=O)N(C2=CCC(O)C=C2)C3=O)cc1)C1CCCCC1. The molecule has 1 unspecified atom stereocenters. The van der Waals surface area contributed by atoms with Crippen molar-refractivity contribution in [3.63, 3.8) is 0 Å². The summed E-state index contributed by atoms with van der Waals surface area (Å²) in [7, 11) is 0. The fourth-order valence-electron chi connectivity index (χ4n) is 4.63. The van der Waals surface area contributed by atoms with Gasteiger partial charge in [0.15, 0.2) is 0 Å². The fourth-order valence-corrected chi connectivity index (χ4v) is 4.63. The number of carbonyl (C=O) groups is 3. The lowest BCUT2D eigenvalue weighted by Gasteiger charge is -2.20. The van der Waals surface area contributed by atoms with Gasteiger partial charge in [0.05, 0.1) is 17.2 Å². The number of carbonyl (C=O) groups excluding carboxylic acids is 3. The van der Waals surface area contributed by atoms with Crippen LogP contribution in [0.5, 0.6) is 11.5 Å². The Bertz CT molecular complexity index is 1190. The number of rotatable bonds is 5. The van der Waals surface area contributed by atoms with E-state index in [0.717, 1.165) is 30.6 Å². The summed E-state index contributed by atoms with van der Waals surface area (Å²) in [4.78, 5) is 39.3. The van der Waals surface area contributed by atoms with Gasteiger partial charge in [-0.3, -0.25) is 14.4 Å². The van der Waals surface area contributed by atoms with E-state index in [2.05, 4.69) is 5.32 Å². The molecule has 2 N–H and O–H groups in total. The van der Waals surface area contributed by atoms with Gasteiger partial charge in [0.2, 0.25) is 5.91 Å². The highest BCUT2D eigenvalue weighted by Gasteiger charge is 2.38. The first-order valence-corrected chi connectivity index (χ1v) is 11.7. The molecule has 5 rings (SSSR count). The van der Waals surface area contributed by atoms with Gasteiger partial charge >= 0.3 is 0 Å². The Morgan fingerprint density at radius 2 is 1.65 bits per heavy atom. The normalized spacial score (nSPS) is 20.2. The number of nitrogens with one attached hydrogen (secondary N) is 1. The standard InChI is InChI=1S/C27H26N2O5/c30-20-10-8-19(9-11-20)29-26(32)23-15-14-22(16-24(23)27(29)33)34-21-12-6-18(7-13-21)28-25(31)17-4-2-1-3-5-17/h6-10,12-17,20,30H,1-5,11H2,(H,28,31). The van der Waals surface area contributed by atoms with Gasteiger partial charge in [0.25, 0.3) is 11.8 Å². The largest absolute Gasteiger partial charge is 0.457 e. The summed E-state index contributed by atoms with van der Waals surface area (Å²) in [6, 6.07) is 11.9. The van der Waals surface area contributed by atoms with Gasteiger partial charge in [0, 0.05) is 17.3 Å². The van der Waals surface area contributed by atoms with Crippen LogP contribution in [-0.2, 0) is 4.79 Å². The molecule has 1 fully saturated rings. The van der Waals surface area contributed by atoms with E-state index in [1.54, 1.807) is 60.7 Å². The molecular weight excluding hydrogens is 432 g/mol. The Kier molecular flexibility index (Phi) is 6.02. The van der Waals surface area contributed by atoms with E-state index in [0.29, 0.717) is 34.9 Å². The average Bonchev–Trinajstić information content (AvgIpc) is 3.11. The van der Waals surface area contributed by atoms with Gasteiger partial charge in [-0.2, -0.15) is 0 Å². The fraction of sp³-hybridized carbons (Fsp3) is 0.296. The molecule has 0 saturated heterocycles. The van der Waals surface area contributed by atoms with Crippen LogP contribution in [0.25, 0.3) is 0 Å². The molecule has 1 heterocycles. The van der Waals surface area contributed by atoms with Crippen molar-refractivity contribution in [1.82, 2.24) is 4.90 Å². The van der Waals surface area contributed by atoms with Gasteiger partial charge in [-0.1, -0.05) is 31.4 Å². The number of amides is 3. The van der Waals surface area contributed by atoms with E-state index in [-0.39, 0.29) is 17.4 Å². The third-order valence-corrected chi connectivity index (χ3v) is 6.51. The molecule has 2 aliphatic carbocycles. The lowest BCUT2D eigenvalue weighted by molar-refractivity contribution is -0.120. The third-order valence-electron chi connectivity index (χ3n) is 6.51. The first-order valence-electron chi connectivity index (χ1n) is 11.7. The molecule has 7 heteroatoms. The quantitative estimate of drug-likeness (QED) is 0.628. The predicted molar refractivity (Wildman–Crippen MR) is 127 cm³/mol. The molecule has 7 nitrogen and oxygen atoms in total. The highest BCUT2D eigenvalue weighted by molar-refractivity contribution is 6.22. The van der Waals surface area contributed by atoms with Crippen molar-refractivity contribution >= 4 is 23.4 Å². The Labute approximate surface area is 197 Å². The number of aliphatic hydroxyl groups is 1. The van der Waals surface area contributed by atoms with Crippen LogP contribution >= 0.6 is 0 Å². The first kappa shape index (κ1) is 22.1. The maximum Gasteiger partial charge on any atom is 0.266 e. The summed E-state index contributed by atoms with van der Waals surface area (Å²) in [5, 5.41) is 12.6. The Hall–Kier alpha value is -3.71. The highest BCUT2D eigenvalue weighted by atomic mass is 16.5. The van der Waals surface area contributed by atoms with E-state index >= 15 is 0 Å². The maximum atomic E-state index is 12.9. The number of hydrogen-bond donors (Lipinski definition) is 2. The van der Waals surface area contributed by atoms with Gasteiger partial charge in [0.1, 0.15) is 11.5 Å². The van der Waals surface area contributed by atoms with Crippen molar-refractivity contribution in [3.8, 4) is 11.5 Å². The number of benzene rings is 2. The smallest absolute Gasteiger partial charge is 0.266 e. The molecule has 34 heavy (non-hydrogen) atoms. The third kappa shape index (κ3) is 4.39. The molecule has 2 aromatic carbocycles. The second-order valence-electron chi connectivity index (χ2n) is 8.89. The van der Waals surface area contributed by atoms with Crippen molar-refractivity contribution < 1.29 is 24.2 Å². The van der Waals surface area contributed by atoms with E-state index in [1.807, 2.05) is 0 Å². The zero-order valence-electron chi connectivity index (χ0n) is 18.7. The number of nitrogens with zero attached hydrogens (tertiary/aromatic N) is 1. The first-order chi connectivity index (χ1) is 16.5. The molecule has 1 aliphatic heterocycles. The number of imide groups is 1. The summed E-state index contributed by atoms with van der Waals surface area (Å²) >= 11 is 0. The number of allylic oxidation sites excluding steroid dienone is 1. The summed E-state index contributed by atoms with van der Waals surface area (Å²) in [6.45, 7) is 0. The van der Waals surface area contributed by atoms with Crippen LogP contribution in [0.15, 0.2) is 66.4 Å². The number of aliphatic hydroxyl groups excluding tert-OH is 1. The summed E-state index contributed by atoms with van der Waals surface area (Å²) < 4.78 is 5.90. The molecule has 3 amide bonds. The van der Waals surface area contributed by atoms with Crippen LogP contribution in [0.3, 0.4) is 0 Å². The zero-order valence-corrected chi connectivity index (χ0v) is 18.7. The molecular formula is C27H26N2O5. The number of anilines is 1. The molecule has 0 spiro atoms. The van der Waals surface area contributed by atoms with Crippen LogP contribution in [-0.4, -0.2) is 33.8 Å². The van der Waals surface area contributed by atoms with Crippen molar-refractivity contribution in [2.45, 2.75) is 44.6 Å². The number of ether oxygens (including phenoxy) is 1. The zero-order chi connectivity index (χ0) is 23.7. The van der Waals surface area contributed by atoms with Crippen molar-refractivity contribution in [2.75, 3.05) is 5.32 Å². The van der Waals surface area contributed by atoms with Crippen LogP contribution in [0.2, 0.25) is 0 Å². The second kappa shape index (κ2) is 9.27. The van der Waals surface area contributed by atoms with E-state index in [9.17, 15) is 19.5 Å². The minimum Gasteiger partial charge on any atom is -0.457 e. The monoisotopic (exact) mass is 458 g/mol. The van der Waals surface area contributed by atoms with Crippen molar-refractivity contribution in [1.29, 1.82) is 0 Å². The molecule has 2 aromatic rings. The molecule has 3 aliphatic rings. The van der Waals surface area contributed by atoms with Gasteiger partial charge in [-0.15, -0.1) is 0 Å². The highest BCUT2D eigenvalue weighted by Crippen LogP contribution is 2.33. The molecule has 174 valence electrons. The van der Waals surface area contributed by atoms with Gasteiger partial charge < -0.3 is 15.2 Å². The number of hydrogen-bond acceptors (Lipinski definition) is 5. The Morgan fingerprint density at radius 1 is 0.941 bits per heavy atom. The second-order valence-corrected chi connectivity index (χ2v) is 8.89. The molecule has 0 bridgehead atoms. The summed E-state index contributed by atoms with van der Waals surface area (Å²) in [6.07, 6.45) is 9.88. The van der Waals surface area contributed by atoms with E-state index in [4.69, 9.17) is 4.74 Å². The molecule has 0 radical (unpaired) electrons. The Morgan fingerprint density at radius 3 is 2.35 bits per heavy atom. The molecule has 1 atom stereocenters. The van der Waals surface area contributed by atoms with Crippen LogP contribution < -0.4 is 10.1 Å². The van der Waals surface area contributed by atoms with Crippen molar-refractivity contribution in [3.05, 3.63) is 77.5 Å². The van der Waals surface area contributed by atoms with Crippen molar-refractivity contribution in [2.24, 2.45) is 5.92 Å². The predicted octanol–water partition coefficient (Wildman–Crippen LogP) is 4.80. The lowest BCUT2D eigenvalue weighted by Crippen LogP contribution is -2.29. The van der Waals surface area contributed by atoms with E-state index in [1.165, 1.54) is 6.42 Å². The van der Waals surface area contributed by atoms with Crippen LogP contribution in [0, 0.1) is 5.92 Å². The topological polar surface area (TPSA) is 95.9 Å². The van der Waals surface area contributed by atoms with Gasteiger partial charge in [-0.25, -0.2) is 4.90 Å². The average molecular weight is 459 g/mol. The summed E-state index contributed by atoms with van der Waals surface area (Å²) in [5.41, 5.74) is 1.77. The lowest BCUT2D eigenvalue weighted by atomic mass is 9.88.